The number of hydrogen-bond donors (Lipinski definition) is 0. The van der Waals surface area contributed by atoms with Crippen LogP contribution >= 0.6 is 27.5 Å². The highest BCUT2D eigenvalue weighted by Gasteiger charge is 2.27. The summed E-state index contributed by atoms with van der Waals surface area (Å²) in [6.45, 7) is 2.31. The summed E-state index contributed by atoms with van der Waals surface area (Å²) in [7, 11) is 0. The van der Waals surface area contributed by atoms with Crippen LogP contribution in [0, 0.1) is 0 Å². The van der Waals surface area contributed by atoms with Crippen LogP contribution in [0.25, 0.3) is 0 Å². The Morgan fingerprint density at radius 2 is 2.10 bits per heavy atom. The minimum atomic E-state index is -0.0134. The normalized spacial score (nSPS) is 19.2. The molecule has 1 heterocycles. The van der Waals surface area contributed by atoms with Crippen molar-refractivity contribution in [2.45, 2.75) is 45.1 Å². The fourth-order valence-corrected chi connectivity index (χ4v) is 3.28. The number of rotatable bonds is 3. The van der Waals surface area contributed by atoms with Crippen molar-refractivity contribution >= 4 is 39.2 Å². The molecule has 114 valence electrons. The molecule has 1 aromatic rings. The van der Waals surface area contributed by atoms with Gasteiger partial charge in [0, 0.05) is 29.0 Å². The maximum atomic E-state index is 12.8. The van der Waals surface area contributed by atoms with Gasteiger partial charge in [0.05, 0.1) is 5.02 Å². The van der Waals surface area contributed by atoms with E-state index in [2.05, 4.69) is 15.9 Å². The lowest BCUT2D eigenvalue weighted by molar-refractivity contribution is -0.118. The summed E-state index contributed by atoms with van der Waals surface area (Å²) in [5.41, 5.74) is 0.613. The van der Waals surface area contributed by atoms with Crippen molar-refractivity contribution in [2.75, 3.05) is 6.54 Å². The Labute approximate surface area is 138 Å². The minimum absolute atomic E-state index is 0.0134. The number of Topliss-reactive ketones (excluding diaryl/α,β-unsaturated/α-hetero) is 1. The van der Waals surface area contributed by atoms with E-state index in [-0.39, 0.29) is 17.7 Å². The van der Waals surface area contributed by atoms with E-state index >= 15 is 0 Å². The third kappa shape index (κ3) is 4.30. The maximum absolute atomic E-state index is 12.8. The maximum Gasteiger partial charge on any atom is 0.254 e. The van der Waals surface area contributed by atoms with Crippen LogP contribution in [-0.4, -0.2) is 29.2 Å². The molecule has 0 N–H and O–H groups in total. The fourth-order valence-electron chi connectivity index (χ4n) is 2.78. The molecule has 1 fully saturated rings. The molecular weight excluding hydrogens is 354 g/mol. The van der Waals surface area contributed by atoms with Crippen LogP contribution in [-0.2, 0) is 4.79 Å². The number of hydrogen-bond acceptors (Lipinski definition) is 2. The summed E-state index contributed by atoms with van der Waals surface area (Å²) in [6.07, 6.45) is 4.53. The largest absolute Gasteiger partial charge is 0.335 e. The van der Waals surface area contributed by atoms with Gasteiger partial charge in [0.1, 0.15) is 5.78 Å². The smallest absolute Gasteiger partial charge is 0.254 e. The second-order valence-corrected chi connectivity index (χ2v) is 6.80. The van der Waals surface area contributed by atoms with Crippen LogP contribution in [0.3, 0.4) is 0 Å². The topological polar surface area (TPSA) is 37.4 Å². The summed E-state index contributed by atoms with van der Waals surface area (Å²) < 4.78 is 0.716. The highest BCUT2D eigenvalue weighted by molar-refractivity contribution is 9.10. The summed E-state index contributed by atoms with van der Waals surface area (Å²) in [4.78, 5) is 26.1. The van der Waals surface area contributed by atoms with Gasteiger partial charge in [0.2, 0.25) is 0 Å². The van der Waals surface area contributed by atoms with Gasteiger partial charge in [0.25, 0.3) is 5.91 Å². The van der Waals surface area contributed by atoms with Gasteiger partial charge >= 0.3 is 0 Å². The first-order chi connectivity index (χ1) is 9.99. The number of halogens is 2. The van der Waals surface area contributed by atoms with E-state index in [9.17, 15) is 9.59 Å². The first-order valence-corrected chi connectivity index (χ1v) is 8.41. The van der Waals surface area contributed by atoms with Crippen LogP contribution in [0.2, 0.25) is 5.02 Å². The van der Waals surface area contributed by atoms with Crippen molar-refractivity contribution in [3.63, 3.8) is 0 Å². The Morgan fingerprint density at radius 1 is 1.33 bits per heavy atom. The number of carbonyl (C=O) groups is 2. The molecule has 0 spiro atoms. The van der Waals surface area contributed by atoms with Crippen LogP contribution < -0.4 is 0 Å². The van der Waals surface area contributed by atoms with Gasteiger partial charge in [0.15, 0.2) is 0 Å². The Hall–Kier alpha value is -0.870. The number of carbonyl (C=O) groups excluding carboxylic acids is 2. The van der Waals surface area contributed by atoms with Crippen molar-refractivity contribution < 1.29 is 9.59 Å². The number of amides is 1. The van der Waals surface area contributed by atoms with E-state index in [1.807, 2.05) is 4.90 Å². The summed E-state index contributed by atoms with van der Waals surface area (Å²) in [6, 6.07) is 5.23. The molecule has 0 radical (unpaired) electrons. The molecule has 1 amide bonds. The van der Waals surface area contributed by atoms with E-state index in [0.717, 1.165) is 32.2 Å². The lowest BCUT2D eigenvalue weighted by Gasteiger charge is -2.29. The van der Waals surface area contributed by atoms with E-state index < -0.39 is 0 Å². The van der Waals surface area contributed by atoms with Crippen molar-refractivity contribution in [1.29, 1.82) is 0 Å². The molecule has 3 nitrogen and oxygen atoms in total. The van der Waals surface area contributed by atoms with Gasteiger partial charge in [-0.15, -0.1) is 0 Å². The molecule has 1 unspecified atom stereocenters. The predicted molar refractivity (Wildman–Crippen MR) is 87.7 cm³/mol. The quantitative estimate of drug-likeness (QED) is 0.785. The van der Waals surface area contributed by atoms with Gasteiger partial charge < -0.3 is 4.90 Å². The predicted octanol–water partition coefficient (Wildman–Crippen LogP) is 4.47. The summed E-state index contributed by atoms with van der Waals surface area (Å²) in [5, 5.41) is 0.586. The second kappa shape index (κ2) is 7.41. The van der Waals surface area contributed by atoms with Crippen molar-refractivity contribution in [3.05, 3.63) is 33.3 Å². The molecule has 1 aliphatic heterocycles. The summed E-state index contributed by atoms with van der Waals surface area (Å²) in [5.74, 6) is 0.123. The molecule has 0 bridgehead atoms. The van der Waals surface area contributed by atoms with Crippen LogP contribution in [0.15, 0.2) is 22.7 Å². The lowest BCUT2D eigenvalue weighted by Crippen LogP contribution is -2.41. The second-order valence-electron chi connectivity index (χ2n) is 5.54. The first-order valence-electron chi connectivity index (χ1n) is 7.24. The molecule has 0 aromatic heterocycles. The van der Waals surface area contributed by atoms with E-state index in [1.165, 1.54) is 0 Å². The first kappa shape index (κ1) is 16.5. The van der Waals surface area contributed by atoms with Crippen LogP contribution in [0.1, 0.15) is 49.4 Å². The molecule has 5 heteroatoms. The molecule has 1 aromatic carbocycles. The number of ketones is 1. The zero-order valence-corrected chi connectivity index (χ0v) is 14.4. The molecule has 21 heavy (non-hydrogen) atoms. The molecule has 2 rings (SSSR count). The average molecular weight is 373 g/mol. The molecule has 1 atom stereocenters. The fraction of sp³-hybridized carbons (Fsp3) is 0.500. The van der Waals surface area contributed by atoms with E-state index in [0.29, 0.717) is 21.5 Å². The molecule has 1 aliphatic rings. The molecule has 0 saturated carbocycles. The van der Waals surface area contributed by atoms with Crippen LogP contribution in [0.4, 0.5) is 0 Å². The van der Waals surface area contributed by atoms with Gasteiger partial charge in [-0.05, 0) is 53.9 Å². The number of likely N-dealkylation sites (tertiary alicyclic amines) is 1. The van der Waals surface area contributed by atoms with Gasteiger partial charge in [-0.1, -0.05) is 24.4 Å². The Bertz CT molecular complexity index is 547. The lowest BCUT2D eigenvalue weighted by atomic mass is 10.0. The Balaban J connectivity index is 2.23. The van der Waals surface area contributed by atoms with Gasteiger partial charge in [-0.3, -0.25) is 9.59 Å². The van der Waals surface area contributed by atoms with E-state index in [4.69, 9.17) is 11.6 Å². The molecule has 0 aliphatic carbocycles. The summed E-state index contributed by atoms with van der Waals surface area (Å²) >= 11 is 9.33. The average Bonchev–Trinajstić information content (AvgIpc) is 2.66. The van der Waals surface area contributed by atoms with Crippen LogP contribution in [0.5, 0.6) is 0 Å². The SMILES string of the molecule is CC(=O)CC1CCCCCN1C(=O)c1ccc(Cl)c(Br)c1. The number of benzene rings is 1. The third-order valence-electron chi connectivity index (χ3n) is 3.83. The van der Waals surface area contributed by atoms with E-state index in [1.54, 1.807) is 25.1 Å². The highest BCUT2D eigenvalue weighted by atomic mass is 79.9. The Morgan fingerprint density at radius 3 is 2.76 bits per heavy atom. The minimum Gasteiger partial charge on any atom is -0.335 e. The van der Waals surface area contributed by atoms with Gasteiger partial charge in [-0.2, -0.15) is 0 Å². The Kier molecular flexibility index (Phi) is 5.82. The third-order valence-corrected chi connectivity index (χ3v) is 5.04. The molecule has 1 saturated heterocycles. The van der Waals surface area contributed by atoms with Crippen molar-refractivity contribution in [1.82, 2.24) is 4.90 Å². The number of nitrogens with zero attached hydrogens (tertiary/aromatic N) is 1. The highest BCUT2D eigenvalue weighted by Crippen LogP contribution is 2.26. The molecular formula is C16H19BrClNO2. The van der Waals surface area contributed by atoms with Crippen molar-refractivity contribution in [2.24, 2.45) is 0 Å². The zero-order chi connectivity index (χ0) is 15.4. The zero-order valence-electron chi connectivity index (χ0n) is 12.1. The van der Waals surface area contributed by atoms with Crippen molar-refractivity contribution in [3.8, 4) is 0 Å². The monoisotopic (exact) mass is 371 g/mol. The van der Waals surface area contributed by atoms with Gasteiger partial charge in [-0.25, -0.2) is 0 Å². The standard InChI is InChI=1S/C16H19BrClNO2/c1-11(20)9-13-5-3-2-4-8-19(13)16(21)12-6-7-15(18)14(17)10-12/h6-7,10,13H,2-5,8-9H2,1H3.